The van der Waals surface area contributed by atoms with Crippen LogP contribution in [0.2, 0.25) is 0 Å². The van der Waals surface area contributed by atoms with E-state index in [0.29, 0.717) is 17.6 Å². The minimum Gasteiger partial charge on any atom is -0.466 e. The Bertz CT molecular complexity index is 289. The lowest BCUT2D eigenvalue weighted by atomic mass is 10.2. The lowest BCUT2D eigenvalue weighted by Crippen LogP contribution is -2.06. The first-order valence-corrected chi connectivity index (χ1v) is 4.56. The molecule has 84 valence electrons. The second-order valence-corrected chi connectivity index (χ2v) is 3.08. The van der Waals surface area contributed by atoms with Gasteiger partial charge in [0.15, 0.2) is 0 Å². The molecular formula is C11H16O4. The van der Waals surface area contributed by atoms with Gasteiger partial charge in [0.2, 0.25) is 0 Å². The van der Waals surface area contributed by atoms with Crippen LogP contribution >= 0.6 is 0 Å². The molecule has 0 saturated heterocycles. The molecule has 0 aliphatic heterocycles. The molecule has 0 fully saturated rings. The molecule has 4 nitrogen and oxygen atoms in total. The SMILES string of the molecule is C=C(C)C(=O)OCCC=C(C)C(=O)OC. The largest absolute Gasteiger partial charge is 0.466 e. The molecule has 0 bridgehead atoms. The van der Waals surface area contributed by atoms with Crippen molar-refractivity contribution in [2.45, 2.75) is 20.3 Å². The molecule has 0 unspecified atom stereocenters. The van der Waals surface area contributed by atoms with E-state index in [-0.39, 0.29) is 12.6 Å². The zero-order valence-corrected chi connectivity index (χ0v) is 9.33. The summed E-state index contributed by atoms with van der Waals surface area (Å²) in [5, 5.41) is 0. The molecule has 0 N–H and O–H groups in total. The number of hydrogen-bond acceptors (Lipinski definition) is 4. The van der Waals surface area contributed by atoms with Gasteiger partial charge in [-0.25, -0.2) is 9.59 Å². The van der Waals surface area contributed by atoms with Crippen molar-refractivity contribution in [2.75, 3.05) is 13.7 Å². The molecule has 0 saturated carbocycles. The van der Waals surface area contributed by atoms with E-state index in [0.717, 1.165) is 0 Å². The molecular weight excluding hydrogens is 196 g/mol. The first-order chi connectivity index (χ1) is 6.99. The fourth-order valence-electron chi connectivity index (χ4n) is 0.795. The van der Waals surface area contributed by atoms with Gasteiger partial charge in [-0.3, -0.25) is 0 Å². The standard InChI is InChI=1S/C11H16O4/c1-8(2)10(12)15-7-5-6-9(3)11(13)14-4/h6H,1,5,7H2,2-4H3. The highest BCUT2D eigenvalue weighted by Gasteiger charge is 2.03. The summed E-state index contributed by atoms with van der Waals surface area (Å²) in [6.45, 7) is 6.91. The highest BCUT2D eigenvalue weighted by atomic mass is 16.5. The summed E-state index contributed by atoms with van der Waals surface area (Å²) >= 11 is 0. The zero-order chi connectivity index (χ0) is 11.8. The van der Waals surface area contributed by atoms with Crippen molar-refractivity contribution >= 4 is 11.9 Å². The van der Waals surface area contributed by atoms with Crippen molar-refractivity contribution in [3.63, 3.8) is 0 Å². The van der Waals surface area contributed by atoms with Gasteiger partial charge in [-0.2, -0.15) is 0 Å². The van der Waals surface area contributed by atoms with Gasteiger partial charge in [0.05, 0.1) is 13.7 Å². The van der Waals surface area contributed by atoms with Crippen LogP contribution in [0.25, 0.3) is 0 Å². The summed E-state index contributed by atoms with van der Waals surface area (Å²) in [4.78, 5) is 21.9. The summed E-state index contributed by atoms with van der Waals surface area (Å²) < 4.78 is 9.33. The lowest BCUT2D eigenvalue weighted by Gasteiger charge is -2.02. The predicted molar refractivity (Wildman–Crippen MR) is 56.2 cm³/mol. The number of carbonyl (C=O) groups is 2. The van der Waals surface area contributed by atoms with Crippen molar-refractivity contribution in [1.29, 1.82) is 0 Å². The quantitative estimate of drug-likeness (QED) is 0.394. The van der Waals surface area contributed by atoms with Crippen molar-refractivity contribution in [1.82, 2.24) is 0 Å². The molecule has 0 spiro atoms. The van der Waals surface area contributed by atoms with E-state index in [9.17, 15) is 9.59 Å². The van der Waals surface area contributed by atoms with Gasteiger partial charge < -0.3 is 9.47 Å². The normalized spacial score (nSPS) is 10.7. The van der Waals surface area contributed by atoms with Crippen molar-refractivity contribution < 1.29 is 19.1 Å². The maximum atomic E-state index is 10.9. The molecule has 0 rings (SSSR count). The first kappa shape index (κ1) is 13.4. The third-order valence-corrected chi connectivity index (χ3v) is 1.66. The summed E-state index contributed by atoms with van der Waals surface area (Å²) in [5.74, 6) is -0.791. The molecule has 0 radical (unpaired) electrons. The van der Waals surface area contributed by atoms with Gasteiger partial charge in [-0.15, -0.1) is 0 Å². The van der Waals surface area contributed by atoms with Gasteiger partial charge in [0, 0.05) is 17.6 Å². The molecule has 0 aromatic carbocycles. The van der Waals surface area contributed by atoms with Crippen LogP contribution in [0.1, 0.15) is 20.3 Å². The Morgan fingerprint density at radius 3 is 2.33 bits per heavy atom. The Balaban J connectivity index is 3.84. The lowest BCUT2D eigenvalue weighted by molar-refractivity contribution is -0.138. The molecule has 4 heteroatoms. The van der Waals surface area contributed by atoms with E-state index in [1.165, 1.54) is 7.11 Å². The fourth-order valence-corrected chi connectivity index (χ4v) is 0.795. The molecule has 0 aliphatic rings. The Hall–Kier alpha value is -1.58. The van der Waals surface area contributed by atoms with Gasteiger partial charge in [-0.1, -0.05) is 12.7 Å². The highest BCUT2D eigenvalue weighted by molar-refractivity contribution is 5.87. The second kappa shape index (κ2) is 6.81. The monoisotopic (exact) mass is 212 g/mol. The van der Waals surface area contributed by atoms with Crippen LogP contribution in [-0.2, 0) is 19.1 Å². The maximum Gasteiger partial charge on any atom is 0.333 e. The number of esters is 2. The molecule has 0 atom stereocenters. The van der Waals surface area contributed by atoms with E-state index in [1.54, 1.807) is 19.9 Å². The van der Waals surface area contributed by atoms with E-state index in [2.05, 4.69) is 11.3 Å². The predicted octanol–water partition coefficient (Wildman–Crippen LogP) is 1.62. The first-order valence-electron chi connectivity index (χ1n) is 4.56. The topological polar surface area (TPSA) is 52.6 Å². The molecule has 15 heavy (non-hydrogen) atoms. The van der Waals surface area contributed by atoms with Gasteiger partial charge in [0.1, 0.15) is 0 Å². The van der Waals surface area contributed by atoms with Crippen LogP contribution in [0.3, 0.4) is 0 Å². The Morgan fingerprint density at radius 2 is 1.87 bits per heavy atom. The average Bonchev–Trinajstić information content (AvgIpc) is 2.22. The summed E-state index contributed by atoms with van der Waals surface area (Å²) in [6.07, 6.45) is 2.15. The van der Waals surface area contributed by atoms with Crippen LogP contribution < -0.4 is 0 Å². The summed E-state index contributed by atoms with van der Waals surface area (Å²) in [7, 11) is 1.32. The van der Waals surface area contributed by atoms with Crippen LogP contribution in [0.5, 0.6) is 0 Å². The van der Waals surface area contributed by atoms with Crippen molar-refractivity contribution in [3.05, 3.63) is 23.8 Å². The summed E-state index contributed by atoms with van der Waals surface area (Å²) in [5.41, 5.74) is 0.868. The van der Waals surface area contributed by atoms with Crippen molar-refractivity contribution in [2.24, 2.45) is 0 Å². The van der Waals surface area contributed by atoms with Crippen LogP contribution in [0.4, 0.5) is 0 Å². The molecule has 0 aromatic heterocycles. The molecule has 0 aromatic rings. The second-order valence-electron chi connectivity index (χ2n) is 3.08. The minimum atomic E-state index is -0.417. The molecule has 0 heterocycles. The molecule has 0 amide bonds. The zero-order valence-electron chi connectivity index (χ0n) is 9.33. The van der Waals surface area contributed by atoms with E-state index in [1.807, 2.05) is 0 Å². The smallest absolute Gasteiger partial charge is 0.333 e. The van der Waals surface area contributed by atoms with Gasteiger partial charge >= 0.3 is 11.9 Å². The van der Waals surface area contributed by atoms with Gasteiger partial charge in [-0.05, 0) is 13.8 Å². The number of ether oxygens (including phenoxy) is 2. The van der Waals surface area contributed by atoms with E-state index >= 15 is 0 Å². The third kappa shape index (κ3) is 5.67. The van der Waals surface area contributed by atoms with Crippen molar-refractivity contribution in [3.8, 4) is 0 Å². The van der Waals surface area contributed by atoms with Crippen LogP contribution in [-0.4, -0.2) is 25.7 Å². The average molecular weight is 212 g/mol. The van der Waals surface area contributed by atoms with E-state index in [4.69, 9.17) is 4.74 Å². The number of rotatable bonds is 5. The number of hydrogen-bond donors (Lipinski definition) is 0. The number of carbonyl (C=O) groups excluding carboxylic acids is 2. The number of methoxy groups -OCH3 is 1. The highest BCUT2D eigenvalue weighted by Crippen LogP contribution is 1.99. The fraction of sp³-hybridized carbons (Fsp3) is 0.455. The summed E-state index contributed by atoms with van der Waals surface area (Å²) in [6, 6.07) is 0. The van der Waals surface area contributed by atoms with Crippen LogP contribution in [0.15, 0.2) is 23.8 Å². The van der Waals surface area contributed by atoms with Crippen LogP contribution in [0, 0.1) is 0 Å². The Labute approximate surface area is 89.6 Å². The minimum absolute atomic E-state index is 0.236. The third-order valence-electron chi connectivity index (χ3n) is 1.66. The van der Waals surface area contributed by atoms with E-state index < -0.39 is 5.97 Å². The Kier molecular flexibility index (Phi) is 6.09. The molecule has 0 aliphatic carbocycles. The maximum absolute atomic E-state index is 10.9. The Morgan fingerprint density at radius 1 is 1.27 bits per heavy atom. The van der Waals surface area contributed by atoms with Gasteiger partial charge in [0.25, 0.3) is 0 Å².